The highest BCUT2D eigenvalue weighted by molar-refractivity contribution is 7.99. The number of aromatic hydroxyl groups is 1. The fourth-order valence-electron chi connectivity index (χ4n) is 4.30. The van der Waals surface area contributed by atoms with Gasteiger partial charge >= 0.3 is 6.03 Å². The number of thioether (sulfide) groups is 1. The van der Waals surface area contributed by atoms with Crippen molar-refractivity contribution in [3.8, 4) is 16.9 Å². The highest BCUT2D eigenvalue weighted by Crippen LogP contribution is 2.33. The van der Waals surface area contributed by atoms with Gasteiger partial charge in [0.05, 0.1) is 12.4 Å². The Bertz CT molecular complexity index is 1420. The van der Waals surface area contributed by atoms with E-state index in [1.807, 2.05) is 36.4 Å². The van der Waals surface area contributed by atoms with Gasteiger partial charge in [-0.05, 0) is 28.8 Å². The lowest BCUT2D eigenvalue weighted by atomic mass is 10.0. The number of phenolic OH excluding ortho intramolecular Hbond substituents is 1. The molecule has 5 rings (SSSR count). The zero-order chi connectivity index (χ0) is 27.4. The Labute approximate surface area is 228 Å². The maximum atomic E-state index is 12.2. The van der Waals surface area contributed by atoms with Gasteiger partial charge in [-0.1, -0.05) is 36.4 Å². The summed E-state index contributed by atoms with van der Waals surface area (Å²) in [6.07, 6.45) is -0.953. The molecule has 3 heterocycles. The molecule has 204 valence electrons. The Morgan fingerprint density at radius 1 is 1.00 bits per heavy atom. The molecule has 1 saturated heterocycles. The summed E-state index contributed by atoms with van der Waals surface area (Å²) in [5, 5.41) is 36.1. The molecule has 12 nitrogen and oxygen atoms in total. The van der Waals surface area contributed by atoms with Crippen molar-refractivity contribution in [1.82, 2.24) is 30.2 Å². The van der Waals surface area contributed by atoms with Crippen molar-refractivity contribution >= 4 is 34.8 Å². The van der Waals surface area contributed by atoms with Gasteiger partial charge in [-0.15, -0.1) is 0 Å². The van der Waals surface area contributed by atoms with E-state index in [0.717, 1.165) is 16.7 Å². The summed E-state index contributed by atoms with van der Waals surface area (Å²) in [4.78, 5) is 24.4. The zero-order valence-corrected chi connectivity index (χ0v) is 21.7. The molecular formula is C26H29N7O5S. The number of anilines is 1. The van der Waals surface area contributed by atoms with Gasteiger partial charge in [-0.3, -0.25) is 4.57 Å². The van der Waals surface area contributed by atoms with Crippen LogP contribution in [0.15, 0.2) is 61.2 Å². The number of carbonyl (C=O) groups is 1. The molecule has 2 amide bonds. The lowest BCUT2D eigenvalue weighted by molar-refractivity contribution is -0.0289. The Balaban J connectivity index is 1.02. The SMILES string of the molecule is Nc1ncnc2c1ncn2[C@@H]1O[C@H](CSCCNC(=O)NCc2ccc(-c3ccc(O)cc3)cc2)[C@@H](O)[C@H]1O. The molecule has 13 heteroatoms. The monoisotopic (exact) mass is 551 g/mol. The van der Waals surface area contributed by atoms with E-state index in [1.54, 1.807) is 16.7 Å². The number of nitrogen functional groups attached to an aromatic ring is 1. The topological polar surface area (TPSA) is 181 Å². The normalized spacial score (nSPS) is 20.8. The second-order valence-electron chi connectivity index (χ2n) is 9.06. The molecule has 0 bridgehead atoms. The summed E-state index contributed by atoms with van der Waals surface area (Å²) in [6, 6.07) is 14.5. The maximum absolute atomic E-state index is 12.2. The number of phenols is 1. The maximum Gasteiger partial charge on any atom is 0.315 e. The van der Waals surface area contributed by atoms with Crippen LogP contribution in [0.5, 0.6) is 5.75 Å². The van der Waals surface area contributed by atoms with E-state index in [-0.39, 0.29) is 17.6 Å². The number of aliphatic hydroxyl groups is 2. The smallest absolute Gasteiger partial charge is 0.315 e. The molecule has 0 aliphatic carbocycles. The van der Waals surface area contributed by atoms with E-state index in [1.165, 1.54) is 24.4 Å². The molecular weight excluding hydrogens is 522 g/mol. The number of urea groups is 1. The minimum absolute atomic E-state index is 0.221. The molecule has 39 heavy (non-hydrogen) atoms. The number of ether oxygens (including phenoxy) is 1. The average Bonchev–Trinajstić information content (AvgIpc) is 3.50. The van der Waals surface area contributed by atoms with E-state index in [0.29, 0.717) is 35.8 Å². The third-order valence-corrected chi connectivity index (χ3v) is 7.48. The first-order chi connectivity index (χ1) is 18.9. The lowest BCUT2D eigenvalue weighted by Crippen LogP contribution is -2.36. The van der Waals surface area contributed by atoms with E-state index in [2.05, 4.69) is 25.6 Å². The quantitative estimate of drug-likeness (QED) is 0.167. The van der Waals surface area contributed by atoms with Gasteiger partial charge in [0.25, 0.3) is 0 Å². The van der Waals surface area contributed by atoms with Gasteiger partial charge in [0, 0.05) is 24.6 Å². The number of benzene rings is 2. The Morgan fingerprint density at radius 2 is 1.72 bits per heavy atom. The molecule has 2 aromatic heterocycles. The molecule has 1 aliphatic heterocycles. The van der Waals surface area contributed by atoms with Gasteiger partial charge in [-0.25, -0.2) is 19.7 Å². The zero-order valence-electron chi connectivity index (χ0n) is 20.8. The number of fused-ring (bicyclic) bond motifs is 1. The summed E-state index contributed by atoms with van der Waals surface area (Å²) in [6.45, 7) is 0.809. The van der Waals surface area contributed by atoms with Crippen molar-refractivity contribution in [3.05, 3.63) is 66.7 Å². The molecule has 0 radical (unpaired) electrons. The van der Waals surface area contributed by atoms with Crippen LogP contribution in [0.3, 0.4) is 0 Å². The van der Waals surface area contributed by atoms with E-state index >= 15 is 0 Å². The van der Waals surface area contributed by atoms with E-state index in [9.17, 15) is 20.1 Å². The summed E-state index contributed by atoms with van der Waals surface area (Å²) in [5.41, 5.74) is 9.62. The van der Waals surface area contributed by atoms with Crippen molar-refractivity contribution in [2.24, 2.45) is 0 Å². The molecule has 1 aliphatic rings. The second-order valence-corrected chi connectivity index (χ2v) is 10.2. The number of hydrogen-bond acceptors (Lipinski definition) is 10. The molecule has 4 aromatic rings. The molecule has 0 saturated carbocycles. The summed E-state index contributed by atoms with van der Waals surface area (Å²) in [7, 11) is 0. The van der Waals surface area contributed by atoms with Crippen LogP contribution in [0, 0.1) is 0 Å². The number of hydrogen-bond donors (Lipinski definition) is 6. The molecule has 0 spiro atoms. The standard InChI is InChI=1S/C26H29N7O5S/c27-23-20-24(31-13-30-23)33(14-32-20)25-22(36)21(35)19(38-25)12-39-10-9-28-26(37)29-11-15-1-3-16(4-2-15)17-5-7-18(34)8-6-17/h1-8,13-14,19,21-22,25,34-36H,9-12H2,(H2,27,30,31)(H2,28,29,37)/t19-,21-,22-,25-/m1/s1. The van der Waals surface area contributed by atoms with E-state index < -0.39 is 24.5 Å². The fraction of sp³-hybridized carbons (Fsp3) is 0.308. The Hall–Kier alpha value is -3.91. The number of imidazole rings is 1. The van der Waals surface area contributed by atoms with Crippen molar-refractivity contribution in [3.63, 3.8) is 0 Å². The number of aliphatic hydroxyl groups excluding tert-OH is 2. The van der Waals surface area contributed by atoms with Crippen molar-refractivity contribution < 1.29 is 24.9 Å². The van der Waals surface area contributed by atoms with E-state index in [4.69, 9.17) is 10.5 Å². The predicted octanol–water partition coefficient (Wildman–Crippen LogP) is 1.63. The lowest BCUT2D eigenvalue weighted by Gasteiger charge is -2.16. The third kappa shape index (κ3) is 6.06. The first kappa shape index (κ1) is 26.7. The number of nitrogens with zero attached hydrogens (tertiary/aromatic N) is 4. The van der Waals surface area contributed by atoms with Gasteiger partial charge in [-0.2, -0.15) is 11.8 Å². The number of aromatic nitrogens is 4. The molecule has 2 aromatic carbocycles. The molecule has 1 fully saturated rings. The van der Waals surface area contributed by atoms with Gasteiger partial charge in [0.15, 0.2) is 17.7 Å². The highest BCUT2D eigenvalue weighted by atomic mass is 32.2. The Kier molecular flexibility index (Phi) is 8.12. The summed E-state index contributed by atoms with van der Waals surface area (Å²) >= 11 is 1.49. The van der Waals surface area contributed by atoms with Crippen LogP contribution in [0.25, 0.3) is 22.3 Å². The molecule has 4 atom stereocenters. The van der Waals surface area contributed by atoms with Crippen molar-refractivity contribution in [2.75, 3.05) is 23.8 Å². The third-order valence-electron chi connectivity index (χ3n) is 6.42. The predicted molar refractivity (Wildman–Crippen MR) is 147 cm³/mol. The van der Waals surface area contributed by atoms with Gasteiger partial charge < -0.3 is 36.4 Å². The largest absolute Gasteiger partial charge is 0.508 e. The minimum atomic E-state index is -1.16. The fourth-order valence-corrected chi connectivity index (χ4v) is 5.22. The number of amides is 2. The second kappa shape index (κ2) is 11.9. The molecule has 7 N–H and O–H groups in total. The van der Waals surface area contributed by atoms with Crippen molar-refractivity contribution in [1.29, 1.82) is 0 Å². The van der Waals surface area contributed by atoms with Crippen LogP contribution in [0.4, 0.5) is 10.6 Å². The number of rotatable bonds is 9. The highest BCUT2D eigenvalue weighted by Gasteiger charge is 2.44. The molecule has 0 unspecified atom stereocenters. The van der Waals surface area contributed by atoms with Gasteiger partial charge in [0.2, 0.25) is 0 Å². The van der Waals surface area contributed by atoms with Crippen LogP contribution in [-0.4, -0.2) is 77.2 Å². The number of nitrogens with two attached hydrogens (primary N) is 1. The minimum Gasteiger partial charge on any atom is -0.508 e. The first-order valence-corrected chi connectivity index (χ1v) is 13.5. The van der Waals surface area contributed by atoms with Crippen LogP contribution >= 0.6 is 11.8 Å². The van der Waals surface area contributed by atoms with Crippen LogP contribution < -0.4 is 16.4 Å². The van der Waals surface area contributed by atoms with Crippen LogP contribution in [0.2, 0.25) is 0 Å². The summed E-state index contributed by atoms with van der Waals surface area (Å²) < 4.78 is 7.47. The van der Waals surface area contributed by atoms with Crippen LogP contribution in [0.1, 0.15) is 11.8 Å². The number of carbonyl (C=O) groups excluding carboxylic acids is 1. The van der Waals surface area contributed by atoms with Crippen LogP contribution in [-0.2, 0) is 11.3 Å². The average molecular weight is 552 g/mol. The van der Waals surface area contributed by atoms with Crippen molar-refractivity contribution in [2.45, 2.75) is 31.1 Å². The Morgan fingerprint density at radius 3 is 2.46 bits per heavy atom. The summed E-state index contributed by atoms with van der Waals surface area (Å²) in [5.74, 6) is 1.47. The van der Waals surface area contributed by atoms with Gasteiger partial charge in [0.1, 0.15) is 29.8 Å². The first-order valence-electron chi connectivity index (χ1n) is 12.3. The number of nitrogens with one attached hydrogen (secondary N) is 2.